The van der Waals surface area contributed by atoms with Crippen LogP contribution in [0.1, 0.15) is 12.0 Å². The lowest BCUT2D eigenvalue weighted by molar-refractivity contribution is 0.0448. The summed E-state index contributed by atoms with van der Waals surface area (Å²) in [5, 5.41) is 0. The van der Waals surface area contributed by atoms with E-state index in [9.17, 15) is 9.59 Å². The molecule has 6 heteroatoms. The van der Waals surface area contributed by atoms with E-state index in [-0.39, 0.29) is 30.9 Å². The van der Waals surface area contributed by atoms with Crippen LogP contribution in [0, 0.1) is 0 Å². The van der Waals surface area contributed by atoms with Crippen LogP contribution in [0.15, 0.2) is 30.3 Å². The van der Waals surface area contributed by atoms with Crippen molar-refractivity contribution in [2.75, 3.05) is 20.1 Å². The Morgan fingerprint density at radius 1 is 1.38 bits per heavy atom. The number of carbonyl (C=O) groups excluding carboxylic acids is 2. The fourth-order valence-electron chi connectivity index (χ4n) is 2.79. The number of amides is 2. The summed E-state index contributed by atoms with van der Waals surface area (Å²) in [6.07, 6.45) is -0.208. The quantitative estimate of drug-likeness (QED) is 0.834. The molecule has 3 rings (SSSR count). The molecule has 2 aliphatic heterocycles. The molecule has 2 amide bonds. The molecule has 0 aliphatic carbocycles. The van der Waals surface area contributed by atoms with Gasteiger partial charge in [-0.05, 0) is 12.0 Å². The number of ether oxygens (including phenoxy) is 2. The standard InChI is InChI=1S/C15H18N2O4/c1-16-12-7-8-17(9-13(12)21-14(16)18)15(19)20-10-11-5-3-2-4-6-11/h2-6,12-13H,7-10H2,1H3/t12?,13-/m0/s1. The lowest BCUT2D eigenvalue weighted by Crippen LogP contribution is -2.50. The van der Waals surface area contributed by atoms with Crippen molar-refractivity contribution in [1.29, 1.82) is 0 Å². The van der Waals surface area contributed by atoms with Crippen molar-refractivity contribution < 1.29 is 19.1 Å². The van der Waals surface area contributed by atoms with Gasteiger partial charge in [0.05, 0.1) is 12.6 Å². The number of hydrogen-bond acceptors (Lipinski definition) is 4. The normalized spacial score (nSPS) is 24.5. The zero-order valence-corrected chi connectivity index (χ0v) is 11.9. The lowest BCUT2D eigenvalue weighted by atomic mass is 10.0. The van der Waals surface area contributed by atoms with Gasteiger partial charge >= 0.3 is 12.2 Å². The third-order valence-electron chi connectivity index (χ3n) is 4.03. The molecular formula is C15H18N2O4. The molecule has 6 nitrogen and oxygen atoms in total. The average Bonchev–Trinajstić information content (AvgIpc) is 2.80. The van der Waals surface area contributed by atoms with Crippen molar-refractivity contribution in [2.45, 2.75) is 25.2 Å². The fourth-order valence-corrected chi connectivity index (χ4v) is 2.79. The van der Waals surface area contributed by atoms with E-state index >= 15 is 0 Å². The van der Waals surface area contributed by atoms with E-state index in [1.54, 1.807) is 16.8 Å². The molecular weight excluding hydrogens is 272 g/mol. The van der Waals surface area contributed by atoms with Gasteiger partial charge < -0.3 is 19.3 Å². The van der Waals surface area contributed by atoms with Crippen molar-refractivity contribution in [3.05, 3.63) is 35.9 Å². The number of nitrogens with zero attached hydrogens (tertiary/aromatic N) is 2. The molecule has 0 bridgehead atoms. The van der Waals surface area contributed by atoms with Crippen LogP contribution in [-0.2, 0) is 16.1 Å². The summed E-state index contributed by atoms with van der Waals surface area (Å²) < 4.78 is 10.6. The Bertz CT molecular complexity index is 534. The van der Waals surface area contributed by atoms with Gasteiger partial charge in [-0.25, -0.2) is 9.59 Å². The number of likely N-dealkylation sites (tertiary alicyclic amines) is 1. The van der Waals surface area contributed by atoms with Gasteiger partial charge in [-0.2, -0.15) is 0 Å². The Morgan fingerprint density at radius 2 is 2.14 bits per heavy atom. The first-order chi connectivity index (χ1) is 10.1. The van der Waals surface area contributed by atoms with Gasteiger partial charge in [0.1, 0.15) is 12.7 Å². The Labute approximate surface area is 123 Å². The first-order valence-electron chi connectivity index (χ1n) is 7.04. The number of hydrogen-bond donors (Lipinski definition) is 0. The summed E-state index contributed by atoms with van der Waals surface area (Å²) >= 11 is 0. The minimum Gasteiger partial charge on any atom is -0.445 e. The molecule has 2 saturated heterocycles. The SMILES string of the molecule is CN1C(=O)O[C@H]2CN(C(=O)OCc3ccccc3)CCC21. The second-order valence-electron chi connectivity index (χ2n) is 5.38. The Hall–Kier alpha value is -2.24. The molecule has 112 valence electrons. The van der Waals surface area contributed by atoms with E-state index in [0.29, 0.717) is 19.5 Å². The minimum absolute atomic E-state index is 0.0654. The Morgan fingerprint density at radius 3 is 2.90 bits per heavy atom. The third-order valence-corrected chi connectivity index (χ3v) is 4.03. The number of rotatable bonds is 2. The zero-order chi connectivity index (χ0) is 14.8. The second-order valence-corrected chi connectivity index (χ2v) is 5.38. The number of fused-ring (bicyclic) bond motifs is 1. The predicted molar refractivity (Wildman–Crippen MR) is 74.6 cm³/mol. The summed E-state index contributed by atoms with van der Waals surface area (Å²) in [6, 6.07) is 9.61. The highest BCUT2D eigenvalue weighted by atomic mass is 16.6. The van der Waals surface area contributed by atoms with Gasteiger partial charge in [0, 0.05) is 13.6 Å². The van der Waals surface area contributed by atoms with Crippen molar-refractivity contribution in [2.24, 2.45) is 0 Å². The number of piperidine rings is 1. The van der Waals surface area contributed by atoms with Crippen LogP contribution in [0.25, 0.3) is 0 Å². The molecule has 0 saturated carbocycles. The molecule has 1 aromatic carbocycles. The highest BCUT2D eigenvalue weighted by Crippen LogP contribution is 2.26. The van der Waals surface area contributed by atoms with Crippen molar-refractivity contribution >= 4 is 12.2 Å². The molecule has 0 aromatic heterocycles. The van der Waals surface area contributed by atoms with Crippen molar-refractivity contribution in [3.63, 3.8) is 0 Å². The second kappa shape index (κ2) is 5.63. The maximum atomic E-state index is 12.1. The maximum absolute atomic E-state index is 12.1. The van der Waals surface area contributed by atoms with Gasteiger partial charge in [-0.1, -0.05) is 30.3 Å². The number of benzene rings is 1. The maximum Gasteiger partial charge on any atom is 0.410 e. The molecule has 1 unspecified atom stereocenters. The van der Waals surface area contributed by atoms with Gasteiger partial charge in [0.25, 0.3) is 0 Å². The van der Waals surface area contributed by atoms with Crippen LogP contribution >= 0.6 is 0 Å². The summed E-state index contributed by atoms with van der Waals surface area (Å²) in [4.78, 5) is 26.8. The largest absolute Gasteiger partial charge is 0.445 e. The highest BCUT2D eigenvalue weighted by Gasteiger charge is 2.44. The summed E-state index contributed by atoms with van der Waals surface area (Å²) in [7, 11) is 1.73. The molecule has 0 spiro atoms. The summed E-state index contributed by atoms with van der Waals surface area (Å²) in [5.74, 6) is 0. The van der Waals surface area contributed by atoms with Crippen LogP contribution in [-0.4, -0.2) is 54.3 Å². The molecule has 2 aliphatic rings. The van der Waals surface area contributed by atoms with Crippen molar-refractivity contribution in [3.8, 4) is 0 Å². The highest BCUT2D eigenvalue weighted by molar-refractivity contribution is 5.71. The van der Waals surface area contributed by atoms with Gasteiger partial charge in [-0.15, -0.1) is 0 Å². The minimum atomic E-state index is -0.358. The van der Waals surface area contributed by atoms with E-state index in [1.165, 1.54) is 0 Å². The first kappa shape index (κ1) is 13.7. The van der Waals surface area contributed by atoms with Crippen LogP contribution in [0.5, 0.6) is 0 Å². The number of likely N-dealkylation sites (N-methyl/N-ethyl adjacent to an activating group) is 1. The smallest absolute Gasteiger partial charge is 0.410 e. The molecule has 0 N–H and O–H groups in total. The van der Waals surface area contributed by atoms with E-state index in [2.05, 4.69) is 0 Å². The van der Waals surface area contributed by atoms with Crippen LogP contribution in [0.3, 0.4) is 0 Å². The zero-order valence-electron chi connectivity index (χ0n) is 11.9. The van der Waals surface area contributed by atoms with Crippen LogP contribution in [0.2, 0.25) is 0 Å². The average molecular weight is 290 g/mol. The summed E-state index contributed by atoms with van der Waals surface area (Å²) in [5.41, 5.74) is 0.952. The monoisotopic (exact) mass is 290 g/mol. The van der Waals surface area contributed by atoms with E-state index < -0.39 is 0 Å². The molecule has 21 heavy (non-hydrogen) atoms. The Balaban J connectivity index is 1.54. The molecule has 2 atom stereocenters. The molecule has 1 aromatic rings. The van der Waals surface area contributed by atoms with E-state index in [4.69, 9.17) is 9.47 Å². The van der Waals surface area contributed by atoms with E-state index in [0.717, 1.165) is 5.56 Å². The van der Waals surface area contributed by atoms with Gasteiger partial charge in [0.15, 0.2) is 0 Å². The molecule has 0 radical (unpaired) electrons. The Kier molecular flexibility index (Phi) is 3.68. The third kappa shape index (κ3) is 2.79. The van der Waals surface area contributed by atoms with Crippen LogP contribution < -0.4 is 0 Å². The topological polar surface area (TPSA) is 59.1 Å². The molecule has 2 heterocycles. The van der Waals surface area contributed by atoms with Gasteiger partial charge in [-0.3, -0.25) is 0 Å². The first-order valence-corrected chi connectivity index (χ1v) is 7.04. The fraction of sp³-hybridized carbons (Fsp3) is 0.467. The van der Waals surface area contributed by atoms with Crippen LogP contribution in [0.4, 0.5) is 9.59 Å². The molecule has 2 fully saturated rings. The van der Waals surface area contributed by atoms with Crippen molar-refractivity contribution in [1.82, 2.24) is 9.80 Å². The summed E-state index contributed by atoms with van der Waals surface area (Å²) in [6.45, 7) is 1.23. The predicted octanol–water partition coefficient (Wildman–Crippen LogP) is 1.85. The number of carbonyl (C=O) groups is 2. The van der Waals surface area contributed by atoms with Gasteiger partial charge in [0.2, 0.25) is 0 Å². The van der Waals surface area contributed by atoms with E-state index in [1.807, 2.05) is 30.3 Å². The lowest BCUT2D eigenvalue weighted by Gasteiger charge is -2.33.